The van der Waals surface area contributed by atoms with Crippen molar-refractivity contribution < 1.29 is 14.7 Å². The molecule has 0 spiro atoms. The molecule has 5 heteroatoms. The number of carboxylic acids is 1. The molecule has 0 aliphatic carbocycles. The molecule has 21 heavy (non-hydrogen) atoms. The van der Waals surface area contributed by atoms with E-state index < -0.39 is 5.97 Å². The molecule has 0 unspecified atom stereocenters. The van der Waals surface area contributed by atoms with Gasteiger partial charge in [-0.05, 0) is 43.2 Å². The molecule has 0 aliphatic rings. The Balaban J connectivity index is 2.34. The number of carboxylic acid groups (broad SMARTS) is 1. The molecule has 0 bridgehead atoms. The highest BCUT2D eigenvalue weighted by Gasteiger charge is 2.16. The number of carbonyl (C=O) groups is 2. The third-order valence-corrected chi connectivity index (χ3v) is 4.02. The fourth-order valence-electron chi connectivity index (χ4n) is 1.98. The Morgan fingerprint density at radius 1 is 1.10 bits per heavy atom. The van der Waals surface area contributed by atoms with Crippen molar-refractivity contribution in [2.75, 3.05) is 5.32 Å². The number of benzene rings is 2. The Kier molecular flexibility index (Phi) is 4.43. The zero-order valence-corrected chi connectivity index (χ0v) is 13.2. The highest BCUT2D eigenvalue weighted by molar-refractivity contribution is 9.10. The van der Waals surface area contributed by atoms with Gasteiger partial charge in [0.25, 0.3) is 5.91 Å². The number of aromatic carboxylic acids is 1. The fourth-order valence-corrected chi connectivity index (χ4v) is 2.36. The second-order valence-corrected chi connectivity index (χ2v) is 5.58. The Bertz CT molecular complexity index is 725. The summed E-state index contributed by atoms with van der Waals surface area (Å²) in [7, 11) is 0. The van der Waals surface area contributed by atoms with Crippen LogP contribution in [0.15, 0.2) is 40.9 Å². The van der Waals surface area contributed by atoms with Crippen LogP contribution >= 0.6 is 15.9 Å². The summed E-state index contributed by atoms with van der Waals surface area (Å²) in [5, 5.41) is 11.9. The summed E-state index contributed by atoms with van der Waals surface area (Å²) in [6.45, 7) is 3.62. The quantitative estimate of drug-likeness (QED) is 0.881. The Hall–Kier alpha value is -2.14. The lowest BCUT2D eigenvalue weighted by Crippen LogP contribution is -2.15. The van der Waals surface area contributed by atoms with Gasteiger partial charge in [0.2, 0.25) is 0 Å². The molecule has 4 nitrogen and oxygen atoms in total. The van der Waals surface area contributed by atoms with E-state index in [-0.39, 0.29) is 11.5 Å². The van der Waals surface area contributed by atoms with Crippen LogP contribution in [0.1, 0.15) is 31.8 Å². The van der Waals surface area contributed by atoms with Crippen molar-refractivity contribution in [3.8, 4) is 0 Å². The average Bonchev–Trinajstić information content (AvgIpc) is 2.41. The van der Waals surface area contributed by atoms with Crippen LogP contribution in [0.3, 0.4) is 0 Å². The third-order valence-electron chi connectivity index (χ3n) is 3.17. The zero-order valence-electron chi connectivity index (χ0n) is 11.6. The maximum atomic E-state index is 12.2. The molecule has 108 valence electrons. The van der Waals surface area contributed by atoms with E-state index in [1.807, 2.05) is 13.0 Å². The summed E-state index contributed by atoms with van der Waals surface area (Å²) in [5.74, 6) is -1.41. The summed E-state index contributed by atoms with van der Waals surface area (Å²) in [4.78, 5) is 23.5. The smallest absolute Gasteiger partial charge is 0.338 e. The number of anilines is 1. The zero-order chi connectivity index (χ0) is 15.6. The lowest BCUT2D eigenvalue weighted by Gasteiger charge is -2.11. The summed E-state index contributed by atoms with van der Waals surface area (Å²) in [6.07, 6.45) is 0. The van der Waals surface area contributed by atoms with Crippen LogP contribution in [0.25, 0.3) is 0 Å². The van der Waals surface area contributed by atoms with Crippen LogP contribution in [-0.2, 0) is 0 Å². The molecule has 2 aromatic carbocycles. The van der Waals surface area contributed by atoms with Crippen LogP contribution in [0, 0.1) is 13.8 Å². The lowest BCUT2D eigenvalue weighted by molar-refractivity contribution is 0.0697. The molecule has 0 aromatic heterocycles. The third kappa shape index (κ3) is 3.31. The van der Waals surface area contributed by atoms with Gasteiger partial charge in [-0.2, -0.15) is 0 Å². The number of carbonyl (C=O) groups excluding carboxylic acids is 1. The first-order chi connectivity index (χ1) is 9.90. The molecule has 0 heterocycles. The molecule has 2 aromatic rings. The minimum absolute atomic E-state index is 0.108. The molecule has 0 radical (unpaired) electrons. The average molecular weight is 348 g/mol. The maximum absolute atomic E-state index is 12.2. The predicted octanol–water partition coefficient (Wildman–Crippen LogP) is 4.02. The van der Waals surface area contributed by atoms with E-state index in [9.17, 15) is 14.7 Å². The fraction of sp³-hybridized carbons (Fsp3) is 0.125. The van der Waals surface area contributed by atoms with Gasteiger partial charge in [-0.25, -0.2) is 4.79 Å². The van der Waals surface area contributed by atoms with Crippen LogP contribution in [0.2, 0.25) is 0 Å². The molecule has 0 saturated carbocycles. The largest absolute Gasteiger partial charge is 0.478 e. The predicted molar refractivity (Wildman–Crippen MR) is 85.0 cm³/mol. The van der Waals surface area contributed by atoms with Crippen molar-refractivity contribution in [1.82, 2.24) is 0 Å². The first kappa shape index (κ1) is 15.3. The summed E-state index contributed by atoms with van der Waals surface area (Å²) >= 11 is 3.37. The normalized spacial score (nSPS) is 10.2. The number of halogens is 1. The van der Waals surface area contributed by atoms with Crippen molar-refractivity contribution in [1.29, 1.82) is 0 Å². The minimum Gasteiger partial charge on any atom is -0.478 e. The summed E-state index contributed by atoms with van der Waals surface area (Å²) in [6, 6.07) is 10.2. The molecule has 1 amide bonds. The Morgan fingerprint density at radius 2 is 1.81 bits per heavy atom. The van der Waals surface area contributed by atoms with Crippen molar-refractivity contribution in [2.24, 2.45) is 0 Å². The van der Waals surface area contributed by atoms with Crippen molar-refractivity contribution in [3.63, 3.8) is 0 Å². The molecule has 0 aliphatic heterocycles. The molecule has 2 rings (SSSR count). The van der Waals surface area contributed by atoms with Crippen molar-refractivity contribution in [3.05, 3.63) is 63.1 Å². The molecular formula is C16H14BrNO3. The van der Waals surface area contributed by atoms with Gasteiger partial charge in [-0.1, -0.05) is 34.1 Å². The maximum Gasteiger partial charge on any atom is 0.338 e. The monoisotopic (exact) mass is 347 g/mol. The van der Waals surface area contributed by atoms with Crippen LogP contribution in [0.4, 0.5) is 5.69 Å². The number of rotatable bonds is 3. The van der Waals surface area contributed by atoms with E-state index in [0.29, 0.717) is 16.8 Å². The first-order valence-electron chi connectivity index (χ1n) is 6.30. The van der Waals surface area contributed by atoms with E-state index in [2.05, 4.69) is 21.2 Å². The number of nitrogens with one attached hydrogen (secondary N) is 1. The van der Waals surface area contributed by atoms with Gasteiger partial charge in [0.1, 0.15) is 0 Å². The lowest BCUT2D eigenvalue weighted by atomic mass is 10.1. The van der Waals surface area contributed by atoms with Crippen molar-refractivity contribution in [2.45, 2.75) is 13.8 Å². The van der Waals surface area contributed by atoms with Gasteiger partial charge in [0.05, 0.1) is 11.3 Å². The standard InChI is InChI=1S/C16H14BrNO3/c1-9-6-7-11(8-12(9)17)15(19)18-13-5-3-4-10(2)14(13)16(20)21/h3-8H,1-2H3,(H,18,19)(H,20,21). The SMILES string of the molecule is Cc1ccc(C(=O)Nc2cccc(C)c2C(=O)O)cc1Br. The van der Waals surface area contributed by atoms with E-state index in [0.717, 1.165) is 10.0 Å². The highest BCUT2D eigenvalue weighted by atomic mass is 79.9. The summed E-state index contributed by atoms with van der Waals surface area (Å²) < 4.78 is 0.831. The number of hydrogen-bond donors (Lipinski definition) is 2. The van der Waals surface area contributed by atoms with Gasteiger partial charge >= 0.3 is 5.97 Å². The van der Waals surface area contributed by atoms with E-state index in [4.69, 9.17) is 0 Å². The van der Waals surface area contributed by atoms with Gasteiger partial charge in [0.15, 0.2) is 0 Å². The molecule has 0 atom stereocenters. The first-order valence-corrected chi connectivity index (χ1v) is 7.10. The van der Waals surface area contributed by atoms with E-state index in [1.54, 1.807) is 37.3 Å². The summed E-state index contributed by atoms with van der Waals surface area (Å²) in [5.41, 5.74) is 2.49. The number of hydrogen-bond acceptors (Lipinski definition) is 2. The van der Waals surface area contributed by atoms with Crippen molar-refractivity contribution >= 4 is 33.5 Å². The van der Waals surface area contributed by atoms with Gasteiger partial charge in [-0.15, -0.1) is 0 Å². The van der Waals surface area contributed by atoms with E-state index >= 15 is 0 Å². The molecule has 0 saturated heterocycles. The molecule has 2 N–H and O–H groups in total. The van der Waals surface area contributed by atoms with Gasteiger partial charge in [-0.3, -0.25) is 4.79 Å². The van der Waals surface area contributed by atoms with E-state index in [1.165, 1.54) is 0 Å². The molecular weight excluding hydrogens is 334 g/mol. The van der Waals surface area contributed by atoms with Crippen LogP contribution in [-0.4, -0.2) is 17.0 Å². The molecule has 0 fully saturated rings. The van der Waals surface area contributed by atoms with Gasteiger partial charge in [0, 0.05) is 10.0 Å². The number of aryl methyl sites for hydroxylation is 2. The van der Waals surface area contributed by atoms with Crippen LogP contribution < -0.4 is 5.32 Å². The van der Waals surface area contributed by atoms with Gasteiger partial charge < -0.3 is 10.4 Å². The second-order valence-electron chi connectivity index (χ2n) is 4.72. The number of amides is 1. The Labute approximate surface area is 130 Å². The van der Waals surface area contributed by atoms with Crippen LogP contribution in [0.5, 0.6) is 0 Å². The highest BCUT2D eigenvalue weighted by Crippen LogP contribution is 2.22. The second kappa shape index (κ2) is 6.10. The minimum atomic E-state index is -1.06. The Morgan fingerprint density at radius 3 is 2.43 bits per heavy atom. The topological polar surface area (TPSA) is 66.4 Å².